The van der Waals surface area contributed by atoms with Crippen molar-refractivity contribution in [1.29, 1.82) is 0 Å². The molecule has 1 heterocycles. The number of unbranched alkanes of at least 4 members (excludes halogenated alkanes) is 1. The molecule has 0 saturated heterocycles. The van der Waals surface area contributed by atoms with Gasteiger partial charge in [-0.1, -0.05) is 54.4 Å². The number of carbonyl (C=O) groups is 2. The van der Waals surface area contributed by atoms with E-state index in [9.17, 15) is 9.59 Å². The van der Waals surface area contributed by atoms with E-state index in [2.05, 4.69) is 0 Å². The van der Waals surface area contributed by atoms with Crippen molar-refractivity contribution in [2.45, 2.75) is 45.6 Å². The van der Waals surface area contributed by atoms with Gasteiger partial charge in [0, 0.05) is 59.6 Å². The summed E-state index contributed by atoms with van der Waals surface area (Å²) in [4.78, 5) is 24.5. The topological polar surface area (TPSA) is 68.5 Å². The standard InChI is InChI=1S/C28H31Cl2NO4/c1-19(14-27(33)34)13-26(32)28-24(21-8-6-10-23(30)16-21)17-31(2)25(28)11-3-4-12-35-18-20-7-5-9-22(29)15-20/h5-10,15-17,19H,3-4,11-14,18H2,1-2H3,(H,33,34)/t19-/m0/s1. The highest BCUT2D eigenvalue weighted by Gasteiger charge is 2.24. The van der Waals surface area contributed by atoms with E-state index in [4.69, 9.17) is 33.0 Å². The highest BCUT2D eigenvalue weighted by Crippen LogP contribution is 2.32. The van der Waals surface area contributed by atoms with Crippen LogP contribution < -0.4 is 0 Å². The zero-order valence-electron chi connectivity index (χ0n) is 20.1. The number of carbonyl (C=O) groups excluding carboxylic acids is 1. The summed E-state index contributed by atoms with van der Waals surface area (Å²) in [6.07, 6.45) is 4.52. The van der Waals surface area contributed by atoms with E-state index in [1.165, 1.54) is 0 Å². The molecule has 0 spiro atoms. The van der Waals surface area contributed by atoms with E-state index in [-0.39, 0.29) is 24.5 Å². The van der Waals surface area contributed by atoms with Crippen LogP contribution in [0.4, 0.5) is 0 Å². The van der Waals surface area contributed by atoms with E-state index >= 15 is 0 Å². The fourth-order valence-electron chi connectivity index (χ4n) is 4.26. The van der Waals surface area contributed by atoms with E-state index in [0.717, 1.165) is 35.2 Å². The molecule has 2 aromatic carbocycles. The van der Waals surface area contributed by atoms with Crippen LogP contribution in [-0.2, 0) is 29.6 Å². The number of hydrogen-bond donors (Lipinski definition) is 1. The molecule has 1 N–H and O–H groups in total. The second-order valence-electron chi connectivity index (χ2n) is 8.96. The zero-order chi connectivity index (χ0) is 25.4. The first-order valence-electron chi connectivity index (χ1n) is 11.8. The first kappa shape index (κ1) is 27.0. The minimum atomic E-state index is -0.897. The second kappa shape index (κ2) is 12.9. The number of ether oxygens (including phenoxy) is 1. The Morgan fingerprint density at radius 3 is 2.43 bits per heavy atom. The fraction of sp³-hybridized carbons (Fsp3) is 0.357. The van der Waals surface area contributed by atoms with Crippen LogP contribution in [0.3, 0.4) is 0 Å². The summed E-state index contributed by atoms with van der Waals surface area (Å²) >= 11 is 12.2. The Morgan fingerprint density at radius 1 is 1.03 bits per heavy atom. The van der Waals surface area contributed by atoms with Crippen LogP contribution in [0.25, 0.3) is 11.1 Å². The third-order valence-electron chi connectivity index (χ3n) is 5.89. The Labute approximate surface area is 216 Å². The van der Waals surface area contributed by atoms with Gasteiger partial charge in [0.1, 0.15) is 0 Å². The van der Waals surface area contributed by atoms with Gasteiger partial charge in [0.25, 0.3) is 0 Å². The number of Topliss-reactive ketones (excluding diaryl/α,β-unsaturated/α-hetero) is 1. The van der Waals surface area contributed by atoms with Crippen molar-refractivity contribution in [1.82, 2.24) is 4.57 Å². The average Bonchev–Trinajstić information content (AvgIpc) is 3.12. The molecule has 3 rings (SSSR count). The summed E-state index contributed by atoms with van der Waals surface area (Å²) in [6, 6.07) is 15.1. The van der Waals surface area contributed by atoms with Crippen molar-refractivity contribution in [3.8, 4) is 11.1 Å². The molecule has 0 amide bonds. The predicted octanol–water partition coefficient (Wildman–Crippen LogP) is 7.22. The molecule has 0 radical (unpaired) electrons. The van der Waals surface area contributed by atoms with Gasteiger partial charge in [0.15, 0.2) is 5.78 Å². The Morgan fingerprint density at radius 2 is 1.74 bits per heavy atom. The van der Waals surface area contributed by atoms with Gasteiger partial charge in [0.2, 0.25) is 0 Å². The predicted molar refractivity (Wildman–Crippen MR) is 140 cm³/mol. The summed E-state index contributed by atoms with van der Waals surface area (Å²) in [5.41, 5.74) is 4.34. The minimum Gasteiger partial charge on any atom is -0.481 e. The summed E-state index contributed by atoms with van der Waals surface area (Å²) < 4.78 is 7.79. The van der Waals surface area contributed by atoms with Crippen molar-refractivity contribution in [2.75, 3.05) is 6.61 Å². The lowest BCUT2D eigenvalue weighted by Crippen LogP contribution is -2.13. The zero-order valence-corrected chi connectivity index (χ0v) is 21.6. The monoisotopic (exact) mass is 515 g/mol. The third-order valence-corrected chi connectivity index (χ3v) is 6.36. The maximum absolute atomic E-state index is 13.4. The maximum atomic E-state index is 13.4. The molecule has 0 aliphatic carbocycles. The molecular weight excluding hydrogens is 485 g/mol. The molecular formula is C28H31Cl2NO4. The lowest BCUT2D eigenvalue weighted by Gasteiger charge is -2.12. The number of benzene rings is 2. The molecule has 3 aromatic rings. The van der Waals surface area contributed by atoms with Crippen LogP contribution in [0.5, 0.6) is 0 Å². The van der Waals surface area contributed by atoms with E-state index in [0.29, 0.717) is 35.2 Å². The summed E-state index contributed by atoms with van der Waals surface area (Å²) in [7, 11) is 1.94. The van der Waals surface area contributed by atoms with Crippen LogP contribution in [0.2, 0.25) is 10.0 Å². The molecule has 5 nitrogen and oxygen atoms in total. The lowest BCUT2D eigenvalue weighted by atomic mass is 9.92. The number of carboxylic acids is 1. The normalized spacial score (nSPS) is 12.0. The van der Waals surface area contributed by atoms with Crippen LogP contribution in [0.15, 0.2) is 54.7 Å². The van der Waals surface area contributed by atoms with Gasteiger partial charge in [-0.25, -0.2) is 0 Å². The number of aromatic nitrogens is 1. The summed E-state index contributed by atoms with van der Waals surface area (Å²) in [6.45, 7) is 2.91. The first-order chi connectivity index (χ1) is 16.7. The molecule has 0 aliphatic heterocycles. The van der Waals surface area contributed by atoms with Gasteiger partial charge in [0.05, 0.1) is 6.61 Å². The maximum Gasteiger partial charge on any atom is 0.303 e. The number of ketones is 1. The number of aryl methyl sites for hydroxylation is 1. The molecule has 0 unspecified atom stereocenters. The summed E-state index contributed by atoms with van der Waals surface area (Å²) in [5, 5.41) is 10.4. The Balaban J connectivity index is 1.70. The molecule has 35 heavy (non-hydrogen) atoms. The molecule has 0 fully saturated rings. The number of rotatable bonds is 13. The summed E-state index contributed by atoms with van der Waals surface area (Å²) in [5.74, 6) is -1.19. The van der Waals surface area contributed by atoms with Gasteiger partial charge in [-0.05, 0) is 60.6 Å². The highest BCUT2D eigenvalue weighted by molar-refractivity contribution is 6.31. The Kier molecular flexibility index (Phi) is 9.96. The van der Waals surface area contributed by atoms with E-state index in [1.54, 1.807) is 13.0 Å². The van der Waals surface area contributed by atoms with Crippen molar-refractivity contribution < 1.29 is 19.4 Å². The molecule has 0 saturated carbocycles. The average molecular weight is 516 g/mol. The molecule has 0 bridgehead atoms. The number of hydrogen-bond acceptors (Lipinski definition) is 3. The van der Waals surface area contributed by atoms with Crippen LogP contribution in [-0.4, -0.2) is 28.0 Å². The van der Waals surface area contributed by atoms with Crippen LogP contribution in [0, 0.1) is 5.92 Å². The molecule has 1 atom stereocenters. The van der Waals surface area contributed by atoms with Crippen LogP contribution in [0.1, 0.15) is 54.2 Å². The largest absolute Gasteiger partial charge is 0.481 e. The molecule has 0 aliphatic rings. The van der Waals surface area contributed by atoms with Gasteiger partial charge >= 0.3 is 5.97 Å². The molecule has 186 valence electrons. The van der Waals surface area contributed by atoms with Gasteiger partial charge in [-0.15, -0.1) is 0 Å². The van der Waals surface area contributed by atoms with Gasteiger partial charge in [-0.3, -0.25) is 9.59 Å². The fourth-order valence-corrected chi connectivity index (χ4v) is 4.66. The lowest BCUT2D eigenvalue weighted by molar-refractivity contribution is -0.137. The second-order valence-corrected chi connectivity index (χ2v) is 9.83. The van der Waals surface area contributed by atoms with Crippen molar-refractivity contribution in [3.05, 3.63) is 81.6 Å². The van der Waals surface area contributed by atoms with Crippen molar-refractivity contribution in [2.24, 2.45) is 13.0 Å². The Bertz CT molecular complexity index is 1170. The SMILES string of the molecule is C[C@H](CC(=O)O)CC(=O)c1c(-c2cccc(Cl)c2)cn(C)c1CCCCOCc1cccc(Cl)c1. The number of nitrogens with zero attached hydrogens (tertiary/aromatic N) is 1. The van der Waals surface area contributed by atoms with E-state index < -0.39 is 5.97 Å². The first-order valence-corrected chi connectivity index (χ1v) is 12.5. The van der Waals surface area contributed by atoms with Crippen LogP contribution >= 0.6 is 23.2 Å². The number of halogens is 2. The quantitative estimate of drug-likeness (QED) is 0.192. The number of carboxylic acid groups (broad SMARTS) is 1. The highest BCUT2D eigenvalue weighted by atomic mass is 35.5. The van der Waals surface area contributed by atoms with Crippen molar-refractivity contribution in [3.63, 3.8) is 0 Å². The Hall–Kier alpha value is -2.60. The smallest absolute Gasteiger partial charge is 0.303 e. The third kappa shape index (κ3) is 7.96. The minimum absolute atomic E-state index is 0.0373. The number of aliphatic carboxylic acids is 1. The molecule has 1 aromatic heterocycles. The van der Waals surface area contributed by atoms with Gasteiger partial charge in [-0.2, -0.15) is 0 Å². The van der Waals surface area contributed by atoms with Crippen molar-refractivity contribution >= 4 is 35.0 Å². The molecule has 7 heteroatoms. The van der Waals surface area contributed by atoms with Gasteiger partial charge < -0.3 is 14.4 Å². The van der Waals surface area contributed by atoms with E-state index in [1.807, 2.05) is 60.3 Å².